The molecular weight excluding hydrogens is 438 g/mol. The van der Waals surface area contributed by atoms with E-state index in [0.29, 0.717) is 17.3 Å². The van der Waals surface area contributed by atoms with Gasteiger partial charge in [0.1, 0.15) is 10.7 Å². The number of carbonyl (C=O) groups excluding carboxylic acids is 1. The minimum Gasteiger partial charge on any atom is -0.349 e. The van der Waals surface area contributed by atoms with E-state index in [-0.39, 0.29) is 17.5 Å². The van der Waals surface area contributed by atoms with Crippen molar-refractivity contribution in [2.24, 2.45) is 0 Å². The first-order valence-corrected chi connectivity index (χ1v) is 12.6. The highest BCUT2D eigenvalue weighted by atomic mass is 35.5. The van der Waals surface area contributed by atoms with Gasteiger partial charge >= 0.3 is 0 Å². The minimum atomic E-state index is -0.0410. The van der Waals surface area contributed by atoms with Crippen LogP contribution < -0.4 is 10.9 Å². The lowest BCUT2D eigenvalue weighted by molar-refractivity contribution is -0.119. The predicted octanol–water partition coefficient (Wildman–Crippen LogP) is 4.55. The van der Waals surface area contributed by atoms with Crippen LogP contribution >= 0.6 is 34.7 Å². The van der Waals surface area contributed by atoms with Gasteiger partial charge in [-0.2, -0.15) is 0 Å². The number of H-pyrrole nitrogens is 1. The molecule has 2 aromatic heterocycles. The summed E-state index contributed by atoms with van der Waals surface area (Å²) < 4.78 is 0. The molecule has 1 aromatic carbocycles. The Morgan fingerprint density at radius 2 is 2.17 bits per heavy atom. The van der Waals surface area contributed by atoms with E-state index in [2.05, 4.69) is 15.3 Å². The van der Waals surface area contributed by atoms with Gasteiger partial charge in [0.25, 0.3) is 5.56 Å². The van der Waals surface area contributed by atoms with Crippen LogP contribution in [0.25, 0.3) is 10.2 Å². The molecule has 0 fully saturated rings. The zero-order valence-corrected chi connectivity index (χ0v) is 18.8. The molecule has 8 heteroatoms. The van der Waals surface area contributed by atoms with E-state index < -0.39 is 0 Å². The van der Waals surface area contributed by atoms with Crippen LogP contribution in [0.15, 0.2) is 23.0 Å². The van der Waals surface area contributed by atoms with Crippen molar-refractivity contribution in [2.75, 3.05) is 5.75 Å². The third-order valence-corrected chi connectivity index (χ3v) is 8.23. The smallest absolute Gasteiger partial charge is 0.259 e. The molecule has 1 amide bonds. The number of rotatable bonds is 5. The van der Waals surface area contributed by atoms with Gasteiger partial charge in [-0.1, -0.05) is 17.7 Å². The first-order valence-electron chi connectivity index (χ1n) is 10.3. The van der Waals surface area contributed by atoms with Gasteiger partial charge in [0, 0.05) is 9.90 Å². The fourth-order valence-corrected chi connectivity index (χ4v) is 6.67. The molecule has 156 valence electrons. The van der Waals surface area contributed by atoms with Crippen molar-refractivity contribution in [1.29, 1.82) is 0 Å². The number of hydrogen-bond acceptors (Lipinski definition) is 5. The first-order chi connectivity index (χ1) is 14.6. The highest BCUT2D eigenvalue weighted by Crippen LogP contribution is 2.34. The summed E-state index contributed by atoms with van der Waals surface area (Å²) in [6.45, 7) is 0. The van der Waals surface area contributed by atoms with E-state index in [1.54, 1.807) is 11.3 Å². The topological polar surface area (TPSA) is 74.8 Å². The number of nitrogens with one attached hydrogen (secondary N) is 2. The summed E-state index contributed by atoms with van der Waals surface area (Å²) in [5.41, 5.74) is 3.54. The van der Waals surface area contributed by atoms with Gasteiger partial charge in [-0.05, 0) is 67.3 Å². The van der Waals surface area contributed by atoms with Crippen LogP contribution in [0.4, 0.5) is 0 Å². The van der Waals surface area contributed by atoms with Gasteiger partial charge in [0.2, 0.25) is 5.91 Å². The van der Waals surface area contributed by atoms with Gasteiger partial charge in [0.15, 0.2) is 0 Å². The fraction of sp³-hybridized carbons (Fsp3) is 0.409. The normalized spacial score (nSPS) is 17.7. The molecule has 2 heterocycles. The highest BCUT2D eigenvalue weighted by molar-refractivity contribution is 7.99. The SMILES string of the molecule is O=C(CSCc1nc2sc3c(c2c(=O)[nH]1)CCCC3)NC1CCc2cc(Cl)ccc21. The van der Waals surface area contributed by atoms with Gasteiger partial charge in [-0.3, -0.25) is 9.59 Å². The maximum atomic E-state index is 12.6. The number of carbonyl (C=O) groups is 1. The molecule has 0 radical (unpaired) electrons. The molecule has 1 atom stereocenters. The molecule has 0 aliphatic heterocycles. The Bertz CT molecular complexity index is 1190. The zero-order chi connectivity index (χ0) is 20.7. The number of amides is 1. The minimum absolute atomic E-state index is 0.00260. The summed E-state index contributed by atoms with van der Waals surface area (Å²) in [4.78, 5) is 34.8. The van der Waals surface area contributed by atoms with Crippen LogP contribution in [0.3, 0.4) is 0 Å². The number of aromatic nitrogens is 2. The predicted molar refractivity (Wildman–Crippen MR) is 124 cm³/mol. The number of aryl methyl sites for hydroxylation is 3. The van der Waals surface area contributed by atoms with Crippen LogP contribution in [0.5, 0.6) is 0 Å². The summed E-state index contributed by atoms with van der Waals surface area (Å²) in [6.07, 6.45) is 6.20. The summed E-state index contributed by atoms with van der Waals surface area (Å²) in [5.74, 6) is 1.49. The molecule has 3 aromatic rings. The van der Waals surface area contributed by atoms with Gasteiger partial charge in [-0.25, -0.2) is 4.98 Å². The molecule has 5 rings (SSSR count). The Morgan fingerprint density at radius 3 is 3.07 bits per heavy atom. The molecule has 0 spiro atoms. The van der Waals surface area contributed by atoms with Crippen molar-refractivity contribution in [3.05, 3.63) is 61.0 Å². The zero-order valence-electron chi connectivity index (χ0n) is 16.4. The van der Waals surface area contributed by atoms with Crippen molar-refractivity contribution in [2.45, 2.75) is 50.3 Å². The fourth-order valence-electron chi connectivity index (χ4n) is 4.49. The molecule has 2 N–H and O–H groups in total. The van der Waals surface area contributed by atoms with Crippen LogP contribution in [-0.4, -0.2) is 21.6 Å². The number of fused-ring (bicyclic) bond motifs is 4. The van der Waals surface area contributed by atoms with Crippen LogP contribution in [0.1, 0.15) is 52.7 Å². The summed E-state index contributed by atoms with van der Waals surface area (Å²) in [5, 5.41) is 4.64. The second-order valence-electron chi connectivity index (χ2n) is 7.90. The Labute approximate surface area is 187 Å². The molecule has 1 unspecified atom stereocenters. The first kappa shape index (κ1) is 20.1. The van der Waals surface area contributed by atoms with Gasteiger partial charge in [-0.15, -0.1) is 23.1 Å². The number of thioether (sulfide) groups is 1. The van der Waals surface area contributed by atoms with Crippen molar-refractivity contribution in [3.8, 4) is 0 Å². The molecule has 2 aliphatic rings. The Morgan fingerprint density at radius 1 is 1.30 bits per heavy atom. The Balaban J connectivity index is 1.21. The Kier molecular flexibility index (Phi) is 5.60. The van der Waals surface area contributed by atoms with Crippen LogP contribution in [-0.2, 0) is 29.8 Å². The van der Waals surface area contributed by atoms with Gasteiger partial charge in [0.05, 0.1) is 22.9 Å². The van der Waals surface area contributed by atoms with E-state index in [0.717, 1.165) is 52.9 Å². The van der Waals surface area contributed by atoms with E-state index >= 15 is 0 Å². The summed E-state index contributed by atoms with van der Waals surface area (Å²) in [7, 11) is 0. The van der Waals surface area contributed by atoms with Crippen LogP contribution in [0, 0.1) is 0 Å². The number of aromatic amines is 1. The van der Waals surface area contributed by atoms with E-state index in [1.807, 2.05) is 18.2 Å². The second-order valence-corrected chi connectivity index (χ2v) is 10.4. The lowest BCUT2D eigenvalue weighted by Crippen LogP contribution is -2.28. The number of nitrogens with zero attached hydrogens (tertiary/aromatic N) is 1. The number of hydrogen-bond donors (Lipinski definition) is 2. The third-order valence-electron chi connectivity index (χ3n) is 5.86. The monoisotopic (exact) mass is 459 g/mol. The molecule has 5 nitrogen and oxygen atoms in total. The largest absolute Gasteiger partial charge is 0.349 e. The van der Waals surface area contributed by atoms with Crippen molar-refractivity contribution in [1.82, 2.24) is 15.3 Å². The van der Waals surface area contributed by atoms with E-state index in [9.17, 15) is 9.59 Å². The number of benzene rings is 1. The lowest BCUT2D eigenvalue weighted by atomic mass is 9.97. The summed E-state index contributed by atoms with van der Waals surface area (Å²) >= 11 is 9.19. The third kappa shape index (κ3) is 3.90. The summed E-state index contributed by atoms with van der Waals surface area (Å²) in [6, 6.07) is 5.92. The number of halogens is 1. The van der Waals surface area contributed by atoms with Crippen molar-refractivity contribution in [3.63, 3.8) is 0 Å². The maximum Gasteiger partial charge on any atom is 0.259 e. The molecule has 30 heavy (non-hydrogen) atoms. The van der Waals surface area contributed by atoms with E-state index in [4.69, 9.17) is 11.6 Å². The van der Waals surface area contributed by atoms with Crippen molar-refractivity contribution < 1.29 is 4.79 Å². The maximum absolute atomic E-state index is 12.6. The quantitative estimate of drug-likeness (QED) is 0.586. The van der Waals surface area contributed by atoms with Crippen LogP contribution in [0.2, 0.25) is 5.02 Å². The average molecular weight is 460 g/mol. The van der Waals surface area contributed by atoms with E-state index in [1.165, 1.54) is 34.2 Å². The Hall–Kier alpha value is -1.83. The molecule has 2 aliphatic carbocycles. The van der Waals surface area contributed by atoms with Gasteiger partial charge < -0.3 is 10.3 Å². The number of thiophene rings is 1. The average Bonchev–Trinajstić information content (AvgIpc) is 3.28. The standard InChI is InChI=1S/C22H22ClN3O2S2/c23-13-6-7-14-12(9-13)5-8-16(14)24-19(27)11-29-10-18-25-21(28)20-15-3-1-2-4-17(15)30-22(20)26-18/h6-7,9,16H,1-5,8,10-11H2,(H,24,27)(H,25,26,28). The lowest BCUT2D eigenvalue weighted by Gasteiger charge is -2.14. The van der Waals surface area contributed by atoms with Crippen molar-refractivity contribution >= 4 is 50.8 Å². The second kappa shape index (κ2) is 8.36. The molecule has 0 bridgehead atoms. The highest BCUT2D eigenvalue weighted by Gasteiger charge is 2.24. The molecule has 0 saturated heterocycles. The molecule has 0 saturated carbocycles. The molecular formula is C22H22ClN3O2S2.